The normalized spacial score (nSPS) is 17.7. The molecule has 24 heavy (non-hydrogen) atoms. The van der Waals surface area contributed by atoms with Crippen molar-refractivity contribution in [2.24, 2.45) is 0 Å². The number of amides is 1. The molecule has 1 amide bonds. The van der Waals surface area contributed by atoms with Crippen LogP contribution in [0.1, 0.15) is 39.4 Å². The number of halogens is 1. The van der Waals surface area contributed by atoms with Crippen molar-refractivity contribution < 1.29 is 13.2 Å². The van der Waals surface area contributed by atoms with Crippen LogP contribution in [0.15, 0.2) is 12.4 Å². The predicted octanol–water partition coefficient (Wildman–Crippen LogP) is 1.30. The highest BCUT2D eigenvalue weighted by atomic mass is 35.5. The molecule has 0 unspecified atom stereocenters. The smallest absolute Gasteiger partial charge is 0.246 e. The molecule has 2 rings (SSSR count). The third-order valence-corrected chi connectivity index (χ3v) is 6.13. The average molecular weight is 377 g/mol. The topological polar surface area (TPSA) is 101 Å². The molecular weight excluding hydrogens is 352 g/mol. The van der Waals surface area contributed by atoms with Gasteiger partial charge in [0.1, 0.15) is 5.82 Å². The first-order valence-corrected chi connectivity index (χ1v) is 9.50. The number of aromatic nitrogens is 2. The molecule has 1 fully saturated rings. The van der Waals surface area contributed by atoms with Crippen LogP contribution in [-0.4, -0.2) is 48.4 Å². The zero-order valence-electron chi connectivity index (χ0n) is 14.4. The Morgan fingerprint density at radius 3 is 2.12 bits per heavy atom. The Kier molecular flexibility index (Phi) is 6.35. The SMILES string of the molecule is CC(C)(C)c1ncc(NC(=O)C2(S(C)(=O)=O)CCNCC2)cn1.Cl. The van der Waals surface area contributed by atoms with Gasteiger partial charge in [-0.3, -0.25) is 4.79 Å². The first-order chi connectivity index (χ1) is 10.6. The molecule has 0 saturated carbocycles. The molecule has 1 saturated heterocycles. The van der Waals surface area contributed by atoms with E-state index in [4.69, 9.17) is 0 Å². The summed E-state index contributed by atoms with van der Waals surface area (Å²) in [6, 6.07) is 0. The van der Waals surface area contributed by atoms with Crippen molar-refractivity contribution in [3.63, 3.8) is 0 Å². The van der Waals surface area contributed by atoms with Crippen molar-refractivity contribution in [2.75, 3.05) is 24.7 Å². The minimum absolute atomic E-state index is 0. The summed E-state index contributed by atoms with van der Waals surface area (Å²) in [4.78, 5) is 21.1. The number of hydrogen-bond acceptors (Lipinski definition) is 6. The maximum Gasteiger partial charge on any atom is 0.246 e. The number of hydrogen-bond donors (Lipinski definition) is 2. The number of piperidine rings is 1. The fourth-order valence-electron chi connectivity index (χ4n) is 2.62. The fraction of sp³-hybridized carbons (Fsp3) is 0.667. The van der Waals surface area contributed by atoms with Crippen LogP contribution in [-0.2, 0) is 20.0 Å². The highest BCUT2D eigenvalue weighted by Gasteiger charge is 2.48. The van der Waals surface area contributed by atoms with E-state index in [2.05, 4.69) is 20.6 Å². The molecule has 0 spiro atoms. The molecule has 0 aromatic carbocycles. The first-order valence-electron chi connectivity index (χ1n) is 7.61. The van der Waals surface area contributed by atoms with Crippen LogP contribution in [0.25, 0.3) is 0 Å². The van der Waals surface area contributed by atoms with Gasteiger partial charge in [0, 0.05) is 11.7 Å². The summed E-state index contributed by atoms with van der Waals surface area (Å²) in [5, 5.41) is 5.75. The van der Waals surface area contributed by atoms with Gasteiger partial charge in [0.25, 0.3) is 0 Å². The number of anilines is 1. The average Bonchev–Trinajstić information content (AvgIpc) is 2.46. The maximum atomic E-state index is 12.6. The second kappa shape index (κ2) is 7.33. The van der Waals surface area contributed by atoms with Crippen LogP contribution in [0.2, 0.25) is 0 Å². The van der Waals surface area contributed by atoms with Crippen molar-refractivity contribution in [2.45, 2.75) is 43.8 Å². The van der Waals surface area contributed by atoms with E-state index in [0.29, 0.717) is 24.6 Å². The number of sulfone groups is 1. The van der Waals surface area contributed by atoms with E-state index in [0.717, 1.165) is 6.26 Å². The van der Waals surface area contributed by atoms with E-state index >= 15 is 0 Å². The Balaban J connectivity index is 0.00000288. The summed E-state index contributed by atoms with van der Waals surface area (Å²) in [6.07, 6.45) is 4.68. The van der Waals surface area contributed by atoms with Crippen LogP contribution >= 0.6 is 12.4 Å². The van der Waals surface area contributed by atoms with Crippen molar-refractivity contribution >= 4 is 33.8 Å². The van der Waals surface area contributed by atoms with Crippen LogP contribution in [0.3, 0.4) is 0 Å². The molecule has 9 heteroatoms. The minimum Gasteiger partial charge on any atom is -0.322 e. The van der Waals surface area contributed by atoms with Crippen molar-refractivity contribution in [1.29, 1.82) is 0 Å². The summed E-state index contributed by atoms with van der Waals surface area (Å²) in [7, 11) is -3.53. The largest absolute Gasteiger partial charge is 0.322 e. The molecule has 1 aromatic heterocycles. The lowest BCUT2D eigenvalue weighted by molar-refractivity contribution is -0.119. The summed E-state index contributed by atoms with van der Waals surface area (Å²) >= 11 is 0. The van der Waals surface area contributed by atoms with Gasteiger partial charge >= 0.3 is 0 Å². The predicted molar refractivity (Wildman–Crippen MR) is 96.3 cm³/mol. The standard InChI is InChI=1S/C15H24N4O3S.ClH/c1-14(2,3)12-17-9-11(10-18-12)19-13(20)15(23(4,21)22)5-7-16-8-6-15;/h9-10,16H,5-8H2,1-4H3,(H,19,20);1H. The lowest BCUT2D eigenvalue weighted by Gasteiger charge is -2.34. The van der Waals surface area contributed by atoms with Crippen LogP contribution in [0, 0.1) is 0 Å². The summed E-state index contributed by atoms with van der Waals surface area (Å²) in [6.45, 7) is 6.98. The van der Waals surface area contributed by atoms with Gasteiger partial charge in [0.2, 0.25) is 5.91 Å². The molecule has 136 valence electrons. The molecule has 0 aliphatic carbocycles. The Labute approximate surface area is 149 Å². The number of carbonyl (C=O) groups excluding carboxylic acids is 1. The van der Waals surface area contributed by atoms with Crippen LogP contribution in [0.5, 0.6) is 0 Å². The van der Waals surface area contributed by atoms with Gasteiger partial charge in [-0.05, 0) is 25.9 Å². The van der Waals surface area contributed by atoms with Gasteiger partial charge in [-0.2, -0.15) is 0 Å². The lowest BCUT2D eigenvalue weighted by atomic mass is 9.95. The number of rotatable bonds is 3. The van der Waals surface area contributed by atoms with Gasteiger partial charge in [0.15, 0.2) is 14.6 Å². The molecule has 1 aliphatic rings. The molecule has 0 bridgehead atoms. The summed E-state index contributed by atoms with van der Waals surface area (Å²) in [5.74, 6) is 0.156. The van der Waals surface area contributed by atoms with Crippen LogP contribution in [0.4, 0.5) is 5.69 Å². The van der Waals surface area contributed by atoms with E-state index in [1.165, 1.54) is 12.4 Å². The number of nitrogens with zero attached hydrogens (tertiary/aromatic N) is 2. The van der Waals surface area contributed by atoms with Crippen molar-refractivity contribution in [3.8, 4) is 0 Å². The monoisotopic (exact) mass is 376 g/mol. The number of carbonyl (C=O) groups is 1. The summed E-state index contributed by atoms with van der Waals surface area (Å²) in [5.41, 5.74) is 0.218. The third-order valence-electron chi connectivity index (χ3n) is 4.12. The van der Waals surface area contributed by atoms with Crippen molar-refractivity contribution in [3.05, 3.63) is 18.2 Å². The van der Waals surface area contributed by atoms with Crippen LogP contribution < -0.4 is 10.6 Å². The zero-order valence-corrected chi connectivity index (χ0v) is 16.1. The molecule has 0 radical (unpaired) electrons. The quantitative estimate of drug-likeness (QED) is 0.824. The lowest BCUT2D eigenvalue weighted by Crippen LogP contribution is -2.55. The van der Waals surface area contributed by atoms with Gasteiger partial charge in [-0.15, -0.1) is 12.4 Å². The molecule has 1 aliphatic heterocycles. The second-order valence-electron chi connectivity index (χ2n) is 7.02. The van der Waals surface area contributed by atoms with E-state index in [1.807, 2.05) is 20.8 Å². The molecule has 0 atom stereocenters. The Morgan fingerprint density at radius 1 is 1.21 bits per heavy atom. The maximum absolute atomic E-state index is 12.6. The highest BCUT2D eigenvalue weighted by Crippen LogP contribution is 2.29. The van der Waals surface area contributed by atoms with Gasteiger partial charge < -0.3 is 10.6 Å². The number of nitrogens with one attached hydrogen (secondary N) is 2. The third kappa shape index (κ3) is 4.23. The van der Waals surface area contributed by atoms with Gasteiger partial charge in [-0.25, -0.2) is 18.4 Å². The second-order valence-corrected chi connectivity index (χ2v) is 9.34. The molecule has 1 aromatic rings. The molecule has 2 N–H and O–H groups in total. The van der Waals surface area contributed by atoms with Gasteiger partial charge in [0.05, 0.1) is 18.1 Å². The Bertz CT molecular complexity index is 678. The molecule has 7 nitrogen and oxygen atoms in total. The minimum atomic E-state index is -3.53. The Morgan fingerprint density at radius 2 is 1.71 bits per heavy atom. The van der Waals surface area contributed by atoms with E-state index in [1.54, 1.807) is 0 Å². The van der Waals surface area contributed by atoms with Gasteiger partial charge in [-0.1, -0.05) is 20.8 Å². The van der Waals surface area contributed by atoms with E-state index < -0.39 is 20.5 Å². The molecule has 2 heterocycles. The highest BCUT2D eigenvalue weighted by molar-refractivity contribution is 7.92. The van der Waals surface area contributed by atoms with E-state index in [-0.39, 0.29) is 30.7 Å². The fourth-order valence-corrected chi connectivity index (χ4v) is 3.96. The molecular formula is C15H25ClN4O3S. The van der Waals surface area contributed by atoms with Crippen molar-refractivity contribution in [1.82, 2.24) is 15.3 Å². The van der Waals surface area contributed by atoms with E-state index in [9.17, 15) is 13.2 Å². The zero-order chi connectivity index (χ0) is 17.3. The summed E-state index contributed by atoms with van der Waals surface area (Å²) < 4.78 is 23.0. The Hall–Kier alpha value is -1.25. The first kappa shape index (κ1) is 20.8.